The van der Waals surface area contributed by atoms with Gasteiger partial charge in [0.2, 0.25) is 5.95 Å². The van der Waals surface area contributed by atoms with Crippen LogP contribution in [0.15, 0.2) is 90.1 Å². The molecule has 1 atom stereocenters. The van der Waals surface area contributed by atoms with Crippen molar-refractivity contribution in [3.05, 3.63) is 95.7 Å². The van der Waals surface area contributed by atoms with Crippen LogP contribution in [0.3, 0.4) is 0 Å². The summed E-state index contributed by atoms with van der Waals surface area (Å²) >= 11 is 0. The van der Waals surface area contributed by atoms with E-state index in [1.165, 1.54) is 0 Å². The number of anilines is 2. The van der Waals surface area contributed by atoms with E-state index in [1.54, 1.807) is 22.9 Å². The predicted octanol–water partition coefficient (Wildman–Crippen LogP) is 4.98. The molecule has 1 unspecified atom stereocenters. The Morgan fingerprint density at radius 3 is 2.57 bits per heavy atom. The molecule has 0 spiro atoms. The van der Waals surface area contributed by atoms with Crippen LogP contribution in [0.5, 0.6) is 11.5 Å². The topological polar surface area (TPSA) is 101 Å². The zero-order valence-electron chi connectivity index (χ0n) is 19.4. The first kappa shape index (κ1) is 22.2. The van der Waals surface area contributed by atoms with Gasteiger partial charge in [-0.1, -0.05) is 42.5 Å². The maximum atomic E-state index is 13.5. The standard InChI is InChI=1S/C27H25N5O3/c1-3-35-22-14-12-18(13-15-22)24-23(26(34)29-20-9-5-4-6-10-20)17(2)28-27-30-25(31-32(24)27)19-8-7-11-21(33)16-19/h4-16,24,33H,3H2,1-2H3,(H,29,34)(H,28,30,31). The van der Waals surface area contributed by atoms with Gasteiger partial charge in [-0.15, -0.1) is 5.10 Å². The van der Waals surface area contributed by atoms with Gasteiger partial charge in [-0.25, -0.2) is 4.68 Å². The number of aromatic nitrogens is 3. The summed E-state index contributed by atoms with van der Waals surface area (Å²) < 4.78 is 7.31. The van der Waals surface area contributed by atoms with E-state index in [9.17, 15) is 9.90 Å². The van der Waals surface area contributed by atoms with Crippen LogP contribution >= 0.6 is 0 Å². The van der Waals surface area contributed by atoms with Gasteiger partial charge in [-0.05, 0) is 55.8 Å². The highest BCUT2D eigenvalue weighted by atomic mass is 16.5. The summed E-state index contributed by atoms with van der Waals surface area (Å²) in [5, 5.41) is 20.9. The van der Waals surface area contributed by atoms with Gasteiger partial charge in [-0.3, -0.25) is 4.79 Å². The second-order valence-electron chi connectivity index (χ2n) is 8.14. The van der Waals surface area contributed by atoms with Crippen LogP contribution in [0.2, 0.25) is 0 Å². The molecule has 8 heteroatoms. The molecule has 0 aliphatic carbocycles. The number of hydrogen-bond donors (Lipinski definition) is 3. The van der Waals surface area contributed by atoms with E-state index in [0.717, 1.165) is 11.3 Å². The second kappa shape index (κ2) is 9.34. The van der Waals surface area contributed by atoms with Crippen molar-refractivity contribution in [1.29, 1.82) is 0 Å². The largest absolute Gasteiger partial charge is 0.508 e. The lowest BCUT2D eigenvalue weighted by Crippen LogP contribution is -2.31. The first-order valence-electron chi connectivity index (χ1n) is 11.4. The zero-order chi connectivity index (χ0) is 24.4. The zero-order valence-corrected chi connectivity index (χ0v) is 19.4. The highest BCUT2D eigenvalue weighted by molar-refractivity contribution is 6.06. The van der Waals surface area contributed by atoms with Crippen LogP contribution in [0.25, 0.3) is 11.4 Å². The summed E-state index contributed by atoms with van der Waals surface area (Å²) in [6, 6.07) is 23.2. The molecule has 3 aromatic carbocycles. The number of nitrogens with zero attached hydrogens (tertiary/aromatic N) is 3. The lowest BCUT2D eigenvalue weighted by molar-refractivity contribution is -0.113. The molecular formula is C27H25N5O3. The maximum Gasteiger partial charge on any atom is 0.255 e. The smallest absolute Gasteiger partial charge is 0.255 e. The summed E-state index contributed by atoms with van der Waals surface area (Å²) in [5.41, 5.74) is 3.44. The highest BCUT2D eigenvalue weighted by Crippen LogP contribution is 2.37. The van der Waals surface area contributed by atoms with Crippen molar-refractivity contribution in [2.75, 3.05) is 17.2 Å². The number of aromatic hydroxyl groups is 1. The molecule has 2 heterocycles. The minimum absolute atomic E-state index is 0.128. The molecule has 4 aromatic rings. The minimum Gasteiger partial charge on any atom is -0.508 e. The molecule has 35 heavy (non-hydrogen) atoms. The number of amides is 1. The number of fused-ring (bicyclic) bond motifs is 1. The van der Waals surface area contributed by atoms with Crippen LogP contribution < -0.4 is 15.4 Å². The number of phenols is 1. The average Bonchev–Trinajstić information content (AvgIpc) is 3.28. The Morgan fingerprint density at radius 2 is 1.86 bits per heavy atom. The maximum absolute atomic E-state index is 13.5. The van der Waals surface area contributed by atoms with Crippen molar-refractivity contribution < 1.29 is 14.6 Å². The Bertz CT molecular complexity index is 1390. The van der Waals surface area contributed by atoms with Gasteiger partial charge in [-0.2, -0.15) is 4.98 Å². The minimum atomic E-state index is -0.524. The van der Waals surface area contributed by atoms with E-state index >= 15 is 0 Å². The summed E-state index contributed by atoms with van der Waals surface area (Å²) in [6.07, 6.45) is 0. The van der Waals surface area contributed by atoms with Crippen molar-refractivity contribution >= 4 is 17.5 Å². The number of nitrogens with one attached hydrogen (secondary N) is 2. The van der Waals surface area contributed by atoms with Crippen molar-refractivity contribution in [1.82, 2.24) is 14.8 Å². The first-order valence-corrected chi connectivity index (χ1v) is 11.4. The predicted molar refractivity (Wildman–Crippen MR) is 134 cm³/mol. The third kappa shape index (κ3) is 4.46. The van der Waals surface area contributed by atoms with Crippen molar-refractivity contribution in [3.63, 3.8) is 0 Å². The molecule has 1 amide bonds. The molecule has 0 fully saturated rings. The summed E-state index contributed by atoms with van der Waals surface area (Å²) in [4.78, 5) is 18.2. The fraction of sp³-hybridized carbons (Fsp3) is 0.148. The number of carbonyl (C=O) groups is 1. The molecule has 0 bridgehead atoms. The third-order valence-electron chi connectivity index (χ3n) is 5.74. The highest BCUT2D eigenvalue weighted by Gasteiger charge is 2.34. The fourth-order valence-corrected chi connectivity index (χ4v) is 4.15. The number of para-hydroxylation sites is 1. The normalized spacial score (nSPS) is 14.7. The molecule has 3 N–H and O–H groups in total. The van der Waals surface area contributed by atoms with Crippen molar-refractivity contribution in [2.45, 2.75) is 19.9 Å². The van der Waals surface area contributed by atoms with E-state index in [4.69, 9.17) is 9.84 Å². The van der Waals surface area contributed by atoms with Crippen LogP contribution in [0, 0.1) is 0 Å². The molecule has 176 valence electrons. The van der Waals surface area contributed by atoms with E-state index < -0.39 is 6.04 Å². The van der Waals surface area contributed by atoms with Crippen LogP contribution in [0.4, 0.5) is 11.6 Å². The fourth-order valence-electron chi connectivity index (χ4n) is 4.15. The Hall–Kier alpha value is -4.59. The van der Waals surface area contributed by atoms with Gasteiger partial charge in [0.15, 0.2) is 5.82 Å². The molecule has 5 rings (SSSR count). The molecule has 0 radical (unpaired) electrons. The van der Waals surface area contributed by atoms with Gasteiger partial charge >= 0.3 is 0 Å². The van der Waals surface area contributed by atoms with E-state index in [0.29, 0.717) is 40.9 Å². The number of allylic oxidation sites excluding steroid dienone is 1. The van der Waals surface area contributed by atoms with Gasteiger partial charge < -0.3 is 20.5 Å². The Balaban J connectivity index is 1.59. The Morgan fingerprint density at radius 1 is 1.09 bits per heavy atom. The lowest BCUT2D eigenvalue weighted by Gasteiger charge is -2.28. The lowest BCUT2D eigenvalue weighted by atomic mass is 9.95. The molecule has 1 aromatic heterocycles. The number of carbonyl (C=O) groups excluding carboxylic acids is 1. The van der Waals surface area contributed by atoms with Gasteiger partial charge in [0.05, 0.1) is 12.2 Å². The Labute approximate surface area is 202 Å². The molecule has 8 nitrogen and oxygen atoms in total. The molecule has 1 aliphatic heterocycles. The van der Waals surface area contributed by atoms with Crippen molar-refractivity contribution in [2.24, 2.45) is 0 Å². The number of hydrogen-bond acceptors (Lipinski definition) is 6. The summed E-state index contributed by atoms with van der Waals surface area (Å²) in [7, 11) is 0. The SMILES string of the molecule is CCOc1ccc(C2C(C(=O)Nc3ccccc3)=C(C)Nc3nc(-c4cccc(O)c4)nn32)cc1. The van der Waals surface area contributed by atoms with Gasteiger partial charge in [0, 0.05) is 16.9 Å². The van der Waals surface area contributed by atoms with E-state index in [1.807, 2.05) is 74.5 Å². The molecule has 0 saturated carbocycles. The number of ether oxygens (including phenoxy) is 1. The average molecular weight is 468 g/mol. The summed E-state index contributed by atoms with van der Waals surface area (Å²) in [6.45, 7) is 4.36. The monoisotopic (exact) mass is 467 g/mol. The number of phenolic OH excluding ortho intramolecular Hbond substituents is 1. The molecular weight excluding hydrogens is 442 g/mol. The van der Waals surface area contributed by atoms with E-state index in [2.05, 4.69) is 15.6 Å². The Kier molecular flexibility index (Phi) is 5.93. The first-order chi connectivity index (χ1) is 17.0. The second-order valence-corrected chi connectivity index (χ2v) is 8.14. The molecule has 0 saturated heterocycles. The summed E-state index contributed by atoms with van der Waals surface area (Å²) in [5.74, 6) is 1.59. The van der Waals surface area contributed by atoms with Gasteiger partial charge in [0.1, 0.15) is 17.5 Å². The third-order valence-corrected chi connectivity index (χ3v) is 5.74. The number of benzene rings is 3. The van der Waals surface area contributed by atoms with Crippen LogP contribution in [-0.2, 0) is 4.79 Å². The van der Waals surface area contributed by atoms with Gasteiger partial charge in [0.25, 0.3) is 5.91 Å². The van der Waals surface area contributed by atoms with Crippen LogP contribution in [0.1, 0.15) is 25.5 Å². The quantitative estimate of drug-likeness (QED) is 0.370. The molecule has 1 aliphatic rings. The van der Waals surface area contributed by atoms with Crippen LogP contribution in [-0.4, -0.2) is 32.4 Å². The number of rotatable bonds is 6. The van der Waals surface area contributed by atoms with Crippen molar-refractivity contribution in [3.8, 4) is 22.9 Å². The van der Waals surface area contributed by atoms with E-state index in [-0.39, 0.29) is 11.7 Å².